The molecule has 9 nitrogen and oxygen atoms in total. The molecule has 0 amide bonds. The second-order valence-electron chi connectivity index (χ2n) is 8.75. The number of carbonyl (C=O) groups is 2. The topological polar surface area (TPSA) is 120 Å². The van der Waals surface area contributed by atoms with Gasteiger partial charge in [0.1, 0.15) is 23.3 Å². The number of hydrogen-bond donors (Lipinski definition) is 1. The zero-order chi connectivity index (χ0) is 28.6. The third-order valence-corrected chi connectivity index (χ3v) is 7.64. The van der Waals surface area contributed by atoms with Crippen LogP contribution < -0.4 is 19.6 Å². The zero-order valence-electron chi connectivity index (χ0n) is 21.6. The summed E-state index contributed by atoms with van der Waals surface area (Å²) in [6.45, 7) is 3.59. The standard InChI is InChI=1S/C29H23ClN2O7S/c1-4-38-28(36)24-15(2)31-29-32(25(24)18-7-5-6-8-21(18)37-3)26(33)23(40-29)14-17-10-12-22(39-17)19-13-16(27(34)35)9-11-20(19)30/h5-14,25H,4H2,1-3H3,(H,34,35)/b23-14-/t25-/m1/s1. The molecule has 0 saturated heterocycles. The van der Waals surface area contributed by atoms with E-state index in [1.165, 1.54) is 29.9 Å². The van der Waals surface area contributed by atoms with Crippen LogP contribution in [-0.4, -0.2) is 35.3 Å². The number of carboxylic acids is 1. The minimum Gasteiger partial charge on any atom is -0.496 e. The molecule has 2 aromatic heterocycles. The average molecular weight is 579 g/mol. The number of benzene rings is 2. The van der Waals surface area contributed by atoms with E-state index in [-0.39, 0.29) is 23.3 Å². The lowest BCUT2D eigenvalue weighted by atomic mass is 9.95. The van der Waals surface area contributed by atoms with E-state index in [1.807, 2.05) is 0 Å². The Kier molecular flexibility index (Phi) is 7.46. The number of aromatic carboxylic acids is 1. The number of fused-ring (bicyclic) bond motifs is 1. The highest BCUT2D eigenvalue weighted by atomic mass is 35.5. The normalized spacial score (nSPS) is 15.0. The first-order valence-corrected chi connectivity index (χ1v) is 13.4. The SMILES string of the molecule is CCOC(=O)C1=C(C)N=c2s/c(=C\c3ccc(-c4cc(C(=O)O)ccc4Cl)o3)c(=O)n2[C@@H]1c1ccccc1OC. The van der Waals surface area contributed by atoms with Crippen molar-refractivity contribution in [3.8, 4) is 17.1 Å². The third-order valence-electron chi connectivity index (χ3n) is 6.33. The van der Waals surface area contributed by atoms with E-state index >= 15 is 0 Å². The number of esters is 1. The fourth-order valence-corrected chi connectivity index (χ4v) is 5.77. The predicted molar refractivity (Wildman–Crippen MR) is 150 cm³/mol. The van der Waals surface area contributed by atoms with Crippen LogP contribution in [0.1, 0.15) is 41.6 Å². The van der Waals surface area contributed by atoms with E-state index in [2.05, 4.69) is 4.99 Å². The Labute approximate surface area is 236 Å². The van der Waals surface area contributed by atoms with Crippen molar-refractivity contribution in [3.63, 3.8) is 0 Å². The molecule has 0 saturated carbocycles. The summed E-state index contributed by atoms with van der Waals surface area (Å²) in [5.41, 5.74) is 1.40. The average Bonchev–Trinajstić information content (AvgIpc) is 3.52. The van der Waals surface area contributed by atoms with Crippen molar-refractivity contribution in [3.05, 3.63) is 107 Å². The highest BCUT2D eigenvalue weighted by Crippen LogP contribution is 2.36. The van der Waals surface area contributed by atoms with Crippen molar-refractivity contribution >= 4 is 41.0 Å². The summed E-state index contributed by atoms with van der Waals surface area (Å²) in [7, 11) is 1.52. The summed E-state index contributed by atoms with van der Waals surface area (Å²) in [6, 6.07) is 14.0. The van der Waals surface area contributed by atoms with Crippen LogP contribution in [0.2, 0.25) is 5.02 Å². The molecule has 2 aromatic carbocycles. The number of aromatic nitrogens is 1. The minimum absolute atomic E-state index is 0.0646. The number of nitrogens with zero attached hydrogens (tertiary/aromatic N) is 2. The van der Waals surface area contributed by atoms with Gasteiger partial charge < -0.3 is 19.0 Å². The van der Waals surface area contributed by atoms with Crippen LogP contribution in [0.5, 0.6) is 5.75 Å². The Morgan fingerprint density at radius 1 is 1.20 bits per heavy atom. The Morgan fingerprint density at radius 2 is 1.98 bits per heavy atom. The zero-order valence-corrected chi connectivity index (χ0v) is 23.2. The van der Waals surface area contributed by atoms with Crippen LogP contribution in [0, 0.1) is 0 Å². The van der Waals surface area contributed by atoms with Crippen LogP contribution in [-0.2, 0) is 9.53 Å². The van der Waals surface area contributed by atoms with Crippen LogP contribution in [0.15, 0.2) is 80.1 Å². The molecule has 40 heavy (non-hydrogen) atoms. The van der Waals surface area contributed by atoms with Gasteiger partial charge in [0.2, 0.25) is 0 Å². The van der Waals surface area contributed by atoms with Crippen molar-refractivity contribution in [2.75, 3.05) is 13.7 Å². The molecule has 0 radical (unpaired) electrons. The molecule has 3 heterocycles. The van der Waals surface area contributed by atoms with Crippen LogP contribution in [0.4, 0.5) is 0 Å². The summed E-state index contributed by atoms with van der Waals surface area (Å²) >= 11 is 7.45. The number of rotatable bonds is 7. The smallest absolute Gasteiger partial charge is 0.338 e. The van der Waals surface area contributed by atoms with Gasteiger partial charge in [-0.2, -0.15) is 0 Å². The molecule has 0 fully saturated rings. The first-order chi connectivity index (χ1) is 19.2. The summed E-state index contributed by atoms with van der Waals surface area (Å²) < 4.78 is 18.6. The maximum atomic E-state index is 13.8. The van der Waals surface area contributed by atoms with E-state index in [0.717, 1.165) is 11.3 Å². The summed E-state index contributed by atoms with van der Waals surface area (Å²) in [5.74, 6) is -0.445. The largest absolute Gasteiger partial charge is 0.496 e. The molecule has 0 spiro atoms. The maximum absolute atomic E-state index is 13.8. The molecule has 1 aliphatic heterocycles. The lowest BCUT2D eigenvalue weighted by molar-refractivity contribution is -0.139. The number of para-hydroxylation sites is 1. The van der Waals surface area contributed by atoms with Crippen molar-refractivity contribution in [1.82, 2.24) is 4.57 Å². The van der Waals surface area contributed by atoms with E-state index in [1.54, 1.807) is 56.3 Å². The molecule has 0 aliphatic carbocycles. The number of allylic oxidation sites excluding steroid dienone is 1. The van der Waals surface area contributed by atoms with E-state index in [9.17, 15) is 19.5 Å². The molecule has 5 rings (SSSR count). The first-order valence-electron chi connectivity index (χ1n) is 12.2. The molecule has 11 heteroatoms. The molecule has 1 aliphatic rings. The number of furan rings is 1. The molecule has 0 unspecified atom stereocenters. The number of ether oxygens (including phenoxy) is 2. The van der Waals surface area contributed by atoms with E-state index < -0.39 is 18.0 Å². The molecule has 1 atom stereocenters. The number of carboxylic acid groups (broad SMARTS) is 1. The van der Waals surface area contributed by atoms with Gasteiger partial charge in [0.25, 0.3) is 5.56 Å². The van der Waals surface area contributed by atoms with Gasteiger partial charge in [-0.05, 0) is 50.2 Å². The lowest BCUT2D eigenvalue weighted by Crippen LogP contribution is -2.40. The van der Waals surface area contributed by atoms with Crippen molar-refractivity contribution in [2.24, 2.45) is 4.99 Å². The van der Waals surface area contributed by atoms with Crippen molar-refractivity contribution in [1.29, 1.82) is 0 Å². The number of methoxy groups -OCH3 is 1. The van der Waals surface area contributed by atoms with E-state index in [0.29, 0.717) is 48.5 Å². The number of carbonyl (C=O) groups excluding carboxylic acids is 1. The van der Waals surface area contributed by atoms with Gasteiger partial charge in [0, 0.05) is 17.2 Å². The molecular formula is C29H23ClN2O7S. The van der Waals surface area contributed by atoms with Gasteiger partial charge >= 0.3 is 11.9 Å². The number of thiazole rings is 1. The molecule has 4 aromatic rings. The fraction of sp³-hybridized carbons (Fsp3) is 0.172. The monoisotopic (exact) mass is 578 g/mol. The highest BCUT2D eigenvalue weighted by Gasteiger charge is 2.35. The quantitative estimate of drug-likeness (QED) is 0.322. The van der Waals surface area contributed by atoms with Crippen LogP contribution >= 0.6 is 22.9 Å². The van der Waals surface area contributed by atoms with Crippen molar-refractivity contribution in [2.45, 2.75) is 19.9 Å². The molecule has 204 valence electrons. The number of halogens is 1. The van der Waals surface area contributed by atoms with Gasteiger partial charge in [-0.15, -0.1) is 0 Å². The highest BCUT2D eigenvalue weighted by molar-refractivity contribution is 7.07. The summed E-state index contributed by atoms with van der Waals surface area (Å²) in [6.07, 6.45) is 1.57. The molecular weight excluding hydrogens is 556 g/mol. The van der Waals surface area contributed by atoms with Gasteiger partial charge in [0.05, 0.1) is 40.1 Å². The van der Waals surface area contributed by atoms with Gasteiger partial charge in [0.15, 0.2) is 4.80 Å². The Bertz CT molecular complexity index is 1870. The summed E-state index contributed by atoms with van der Waals surface area (Å²) in [5, 5.41) is 9.65. The Balaban J connectivity index is 1.65. The third kappa shape index (κ3) is 4.87. The molecule has 0 bridgehead atoms. The first kappa shape index (κ1) is 27.2. The summed E-state index contributed by atoms with van der Waals surface area (Å²) in [4.78, 5) is 43.3. The number of hydrogen-bond acceptors (Lipinski definition) is 8. The fourth-order valence-electron chi connectivity index (χ4n) is 4.53. The Morgan fingerprint density at radius 3 is 2.70 bits per heavy atom. The second kappa shape index (κ2) is 11.0. The van der Waals surface area contributed by atoms with Gasteiger partial charge in [-0.1, -0.05) is 41.1 Å². The van der Waals surface area contributed by atoms with Crippen molar-refractivity contribution < 1.29 is 28.6 Å². The van der Waals surface area contributed by atoms with Crippen LogP contribution in [0.3, 0.4) is 0 Å². The second-order valence-corrected chi connectivity index (χ2v) is 10.2. The molecule has 1 N–H and O–H groups in total. The lowest BCUT2D eigenvalue weighted by Gasteiger charge is -2.25. The maximum Gasteiger partial charge on any atom is 0.338 e. The minimum atomic E-state index is -1.09. The predicted octanol–water partition coefficient (Wildman–Crippen LogP) is 4.42. The van der Waals surface area contributed by atoms with Gasteiger partial charge in [-0.3, -0.25) is 9.36 Å². The Hall–Kier alpha value is -4.41. The van der Waals surface area contributed by atoms with Gasteiger partial charge in [-0.25, -0.2) is 14.6 Å². The van der Waals surface area contributed by atoms with Crippen LogP contribution in [0.25, 0.3) is 17.4 Å². The van der Waals surface area contributed by atoms with E-state index in [4.69, 9.17) is 25.5 Å².